The highest BCUT2D eigenvalue weighted by atomic mass is 16.6. The molecule has 4 amide bonds. The molecule has 0 atom stereocenters. The van der Waals surface area contributed by atoms with Crippen LogP contribution >= 0.6 is 0 Å². The molecule has 9 heteroatoms. The molecule has 20 heavy (non-hydrogen) atoms. The van der Waals surface area contributed by atoms with Gasteiger partial charge in [0.2, 0.25) is 0 Å². The van der Waals surface area contributed by atoms with E-state index in [1.54, 1.807) is 0 Å². The van der Waals surface area contributed by atoms with Crippen LogP contribution in [0.1, 0.15) is 5.56 Å². The molecule has 1 fully saturated rings. The number of nitrogens with zero attached hydrogens (tertiary/aromatic N) is 2. The third-order valence-electron chi connectivity index (χ3n) is 2.69. The van der Waals surface area contributed by atoms with Crippen molar-refractivity contribution in [1.82, 2.24) is 10.2 Å². The van der Waals surface area contributed by atoms with E-state index in [0.29, 0.717) is 10.5 Å². The van der Waals surface area contributed by atoms with Crippen LogP contribution in [0.2, 0.25) is 0 Å². The van der Waals surface area contributed by atoms with Gasteiger partial charge >= 0.3 is 23.5 Å². The minimum Gasteiger partial charge on any atom is -0.490 e. The van der Waals surface area contributed by atoms with Crippen molar-refractivity contribution in [2.75, 3.05) is 7.11 Å². The van der Waals surface area contributed by atoms with Crippen LogP contribution in [0.4, 0.5) is 10.5 Å². The molecule has 1 saturated heterocycles. The van der Waals surface area contributed by atoms with Crippen LogP contribution in [0.5, 0.6) is 5.75 Å². The molecule has 0 unspecified atom stereocenters. The second kappa shape index (κ2) is 4.96. The summed E-state index contributed by atoms with van der Waals surface area (Å²) in [4.78, 5) is 44.7. The maximum Gasteiger partial charge on any atom is 0.331 e. The zero-order chi connectivity index (χ0) is 14.9. The molecule has 1 aromatic rings. The van der Waals surface area contributed by atoms with E-state index in [9.17, 15) is 24.5 Å². The molecule has 2 rings (SSSR count). The lowest BCUT2D eigenvalue weighted by molar-refractivity contribution is -0.385. The van der Waals surface area contributed by atoms with Crippen LogP contribution in [0.25, 0.3) is 0 Å². The Bertz CT molecular complexity index is 627. The van der Waals surface area contributed by atoms with Gasteiger partial charge in [-0.1, -0.05) is 6.07 Å². The van der Waals surface area contributed by atoms with Crippen LogP contribution in [0.3, 0.4) is 0 Å². The number of carbonyl (C=O) groups is 3. The van der Waals surface area contributed by atoms with Crippen LogP contribution in [-0.2, 0) is 16.1 Å². The molecule has 9 nitrogen and oxygen atoms in total. The fraction of sp³-hybridized carbons (Fsp3) is 0.182. The average Bonchev–Trinajstić information content (AvgIpc) is 2.65. The maximum absolute atomic E-state index is 11.4. The molecule has 1 aliphatic heterocycles. The summed E-state index contributed by atoms with van der Waals surface area (Å²) in [5.41, 5.74) is 0.0408. The molecule has 0 bridgehead atoms. The number of imide groups is 2. The number of nitro groups is 1. The van der Waals surface area contributed by atoms with Gasteiger partial charge in [0, 0.05) is 6.07 Å². The lowest BCUT2D eigenvalue weighted by Gasteiger charge is -2.11. The van der Waals surface area contributed by atoms with E-state index in [1.165, 1.54) is 25.3 Å². The number of ether oxygens (including phenoxy) is 1. The predicted molar refractivity (Wildman–Crippen MR) is 63.7 cm³/mol. The lowest BCUT2D eigenvalue weighted by Crippen LogP contribution is -2.30. The largest absolute Gasteiger partial charge is 0.490 e. The second-order valence-corrected chi connectivity index (χ2v) is 3.91. The van der Waals surface area contributed by atoms with Gasteiger partial charge in [-0.05, 0) is 11.6 Å². The second-order valence-electron chi connectivity index (χ2n) is 3.91. The zero-order valence-electron chi connectivity index (χ0n) is 10.3. The summed E-state index contributed by atoms with van der Waals surface area (Å²) in [7, 11) is 1.29. The molecule has 0 radical (unpaired) electrons. The van der Waals surface area contributed by atoms with E-state index in [4.69, 9.17) is 4.74 Å². The Morgan fingerprint density at radius 3 is 2.55 bits per heavy atom. The standard InChI is InChI=1S/C11H9N3O6/c1-20-8-3-2-6(4-7(8)14(18)19)5-13-10(16)9(15)12-11(13)17/h2-4H,5H2,1H3,(H,12,15,17). The summed E-state index contributed by atoms with van der Waals surface area (Å²) >= 11 is 0. The van der Waals surface area contributed by atoms with Crippen molar-refractivity contribution >= 4 is 23.5 Å². The monoisotopic (exact) mass is 279 g/mol. The highest BCUT2D eigenvalue weighted by Crippen LogP contribution is 2.28. The smallest absolute Gasteiger partial charge is 0.331 e. The van der Waals surface area contributed by atoms with E-state index in [2.05, 4.69) is 0 Å². The van der Waals surface area contributed by atoms with Gasteiger partial charge in [-0.25, -0.2) is 4.79 Å². The summed E-state index contributed by atoms with van der Waals surface area (Å²) in [6, 6.07) is 3.16. The maximum atomic E-state index is 11.4. The fourth-order valence-corrected chi connectivity index (χ4v) is 1.74. The van der Waals surface area contributed by atoms with Crippen molar-refractivity contribution in [3.05, 3.63) is 33.9 Å². The number of methoxy groups -OCH3 is 1. The Morgan fingerprint density at radius 2 is 2.05 bits per heavy atom. The number of rotatable bonds is 4. The number of amides is 4. The predicted octanol–water partition coefficient (Wildman–Crippen LogP) is 0.182. The number of nitrogens with one attached hydrogen (secondary N) is 1. The van der Waals surface area contributed by atoms with Crippen molar-refractivity contribution < 1.29 is 24.0 Å². The Morgan fingerprint density at radius 1 is 1.35 bits per heavy atom. The molecule has 1 heterocycles. The third-order valence-corrected chi connectivity index (χ3v) is 2.69. The summed E-state index contributed by atoms with van der Waals surface area (Å²) in [6.07, 6.45) is 0. The zero-order valence-corrected chi connectivity index (χ0v) is 10.3. The van der Waals surface area contributed by atoms with Crippen molar-refractivity contribution in [2.24, 2.45) is 0 Å². The van der Waals surface area contributed by atoms with Gasteiger partial charge in [0.15, 0.2) is 5.75 Å². The number of carbonyl (C=O) groups excluding carboxylic acids is 3. The SMILES string of the molecule is COc1ccc(CN2C(=O)NC(=O)C2=O)cc1[N+](=O)[O-]. The van der Waals surface area contributed by atoms with E-state index >= 15 is 0 Å². The number of urea groups is 1. The summed E-state index contributed by atoms with van der Waals surface area (Å²) in [5, 5.41) is 12.7. The quantitative estimate of drug-likeness (QED) is 0.363. The van der Waals surface area contributed by atoms with Gasteiger partial charge in [0.05, 0.1) is 18.6 Å². The molecule has 1 aliphatic rings. The van der Waals surface area contributed by atoms with Crippen LogP contribution in [0.15, 0.2) is 18.2 Å². The minimum atomic E-state index is -1.02. The summed E-state index contributed by atoms with van der Waals surface area (Å²) in [6.45, 7) is -0.235. The first-order valence-corrected chi connectivity index (χ1v) is 5.42. The highest BCUT2D eigenvalue weighted by Gasteiger charge is 2.36. The normalized spacial score (nSPS) is 14.4. The van der Waals surface area contributed by atoms with Gasteiger partial charge < -0.3 is 4.74 Å². The highest BCUT2D eigenvalue weighted by molar-refractivity contribution is 6.44. The lowest BCUT2D eigenvalue weighted by atomic mass is 10.1. The van der Waals surface area contributed by atoms with Gasteiger partial charge in [0.25, 0.3) is 0 Å². The Balaban J connectivity index is 2.29. The Labute approximate surface area is 112 Å². The Hall–Kier alpha value is -2.97. The van der Waals surface area contributed by atoms with Gasteiger partial charge in [-0.2, -0.15) is 0 Å². The summed E-state index contributed by atoms with van der Waals surface area (Å²) in [5.74, 6) is -1.95. The topological polar surface area (TPSA) is 119 Å². The number of hydrogen-bond acceptors (Lipinski definition) is 6. The minimum absolute atomic E-state index is 0.0621. The van der Waals surface area contributed by atoms with Crippen molar-refractivity contribution in [3.8, 4) is 5.75 Å². The molecule has 1 N–H and O–H groups in total. The van der Waals surface area contributed by atoms with E-state index < -0.39 is 22.8 Å². The molecule has 0 saturated carbocycles. The first-order chi connectivity index (χ1) is 9.43. The number of nitro benzene ring substituents is 1. The first-order valence-electron chi connectivity index (χ1n) is 5.42. The van der Waals surface area contributed by atoms with Crippen LogP contribution in [0, 0.1) is 10.1 Å². The molecular formula is C11H9N3O6. The van der Waals surface area contributed by atoms with Crippen LogP contribution in [-0.4, -0.2) is 34.8 Å². The molecule has 104 valence electrons. The van der Waals surface area contributed by atoms with E-state index in [1.807, 2.05) is 5.32 Å². The Kier molecular flexibility index (Phi) is 3.34. The molecule has 0 spiro atoms. The third kappa shape index (κ3) is 2.28. The average molecular weight is 279 g/mol. The van der Waals surface area contributed by atoms with Crippen molar-refractivity contribution in [3.63, 3.8) is 0 Å². The number of hydrogen-bond donors (Lipinski definition) is 1. The molecule has 0 aliphatic carbocycles. The molecular weight excluding hydrogens is 270 g/mol. The molecule has 0 aromatic heterocycles. The summed E-state index contributed by atoms with van der Waals surface area (Å²) < 4.78 is 4.84. The van der Waals surface area contributed by atoms with E-state index in [0.717, 1.165) is 0 Å². The van der Waals surface area contributed by atoms with Crippen LogP contribution < -0.4 is 10.1 Å². The number of benzene rings is 1. The van der Waals surface area contributed by atoms with Gasteiger partial charge in [-0.3, -0.25) is 29.9 Å². The van der Waals surface area contributed by atoms with E-state index in [-0.39, 0.29) is 18.0 Å². The van der Waals surface area contributed by atoms with Crippen molar-refractivity contribution in [1.29, 1.82) is 0 Å². The van der Waals surface area contributed by atoms with Crippen molar-refractivity contribution in [2.45, 2.75) is 6.54 Å². The molecule has 1 aromatic carbocycles. The van der Waals surface area contributed by atoms with Gasteiger partial charge in [-0.15, -0.1) is 0 Å². The van der Waals surface area contributed by atoms with Gasteiger partial charge in [0.1, 0.15) is 0 Å². The first kappa shape index (κ1) is 13.5. The fourth-order valence-electron chi connectivity index (χ4n) is 1.74.